The highest BCUT2D eigenvalue weighted by atomic mass is 32.2. The number of rotatable bonds is 3. The standard InChI is InChI=1S/C14H15OS/c1-16(15)14-10-6-5-9-13(14)11-12-7-3-2-4-8-12/h2-10,15H,11H2,1H3/q+1. The van der Waals surface area contributed by atoms with E-state index in [1.807, 2.05) is 42.7 Å². The summed E-state index contributed by atoms with van der Waals surface area (Å²) in [4.78, 5) is 1.05. The molecule has 0 aliphatic carbocycles. The molecule has 1 nitrogen and oxygen atoms in total. The number of hydrogen-bond donors (Lipinski definition) is 1. The average Bonchev–Trinajstić information content (AvgIpc) is 2.31. The summed E-state index contributed by atoms with van der Waals surface area (Å²) in [5, 5.41) is 0. The second kappa shape index (κ2) is 5.19. The molecule has 16 heavy (non-hydrogen) atoms. The molecule has 0 amide bonds. The fraction of sp³-hybridized carbons (Fsp3) is 0.143. The van der Waals surface area contributed by atoms with Crippen molar-refractivity contribution in [1.82, 2.24) is 0 Å². The first kappa shape index (κ1) is 11.2. The molecule has 0 spiro atoms. The van der Waals surface area contributed by atoms with E-state index in [0.717, 1.165) is 11.3 Å². The molecule has 2 rings (SSSR count). The monoisotopic (exact) mass is 231 g/mol. The molecule has 0 aliphatic heterocycles. The van der Waals surface area contributed by atoms with Gasteiger partial charge in [-0.2, -0.15) is 4.55 Å². The van der Waals surface area contributed by atoms with E-state index >= 15 is 0 Å². The third-order valence-electron chi connectivity index (χ3n) is 2.53. The van der Waals surface area contributed by atoms with Crippen LogP contribution in [0, 0.1) is 0 Å². The maximum atomic E-state index is 9.71. The first-order valence-electron chi connectivity index (χ1n) is 5.24. The predicted molar refractivity (Wildman–Crippen MR) is 69.9 cm³/mol. The van der Waals surface area contributed by atoms with Crippen LogP contribution in [0.2, 0.25) is 0 Å². The van der Waals surface area contributed by atoms with Crippen molar-refractivity contribution in [3.63, 3.8) is 0 Å². The summed E-state index contributed by atoms with van der Waals surface area (Å²) < 4.78 is 9.71. The van der Waals surface area contributed by atoms with E-state index in [4.69, 9.17) is 0 Å². The Bertz CT molecular complexity index is 451. The molecular weight excluding hydrogens is 216 g/mol. The van der Waals surface area contributed by atoms with Gasteiger partial charge in [0.1, 0.15) is 6.26 Å². The Morgan fingerprint density at radius 3 is 2.25 bits per heavy atom. The lowest BCUT2D eigenvalue weighted by Crippen LogP contribution is -2.02. The van der Waals surface area contributed by atoms with E-state index in [-0.39, 0.29) is 0 Å². The van der Waals surface area contributed by atoms with Gasteiger partial charge in [-0.15, -0.1) is 0 Å². The SMILES string of the molecule is C[S+](O)c1ccccc1Cc1ccccc1. The Kier molecular flexibility index (Phi) is 3.65. The fourth-order valence-corrected chi connectivity index (χ4v) is 2.55. The van der Waals surface area contributed by atoms with Gasteiger partial charge in [-0.05, 0) is 11.6 Å². The zero-order valence-electron chi connectivity index (χ0n) is 9.26. The summed E-state index contributed by atoms with van der Waals surface area (Å²) >= 11 is -0.664. The molecule has 2 heteroatoms. The van der Waals surface area contributed by atoms with Crippen LogP contribution >= 0.6 is 0 Å². The van der Waals surface area contributed by atoms with E-state index in [1.165, 1.54) is 11.1 Å². The molecule has 0 heterocycles. The van der Waals surface area contributed by atoms with Crippen molar-refractivity contribution in [1.29, 1.82) is 0 Å². The van der Waals surface area contributed by atoms with Crippen LogP contribution in [0.1, 0.15) is 11.1 Å². The molecule has 0 saturated heterocycles. The molecule has 0 bridgehead atoms. The molecule has 0 aromatic heterocycles. The summed E-state index contributed by atoms with van der Waals surface area (Å²) in [6, 6.07) is 18.4. The van der Waals surface area contributed by atoms with Crippen molar-refractivity contribution in [2.45, 2.75) is 11.3 Å². The first-order valence-corrected chi connectivity index (χ1v) is 6.83. The molecular formula is C14H15OS+. The maximum Gasteiger partial charge on any atom is 0.193 e. The van der Waals surface area contributed by atoms with Gasteiger partial charge in [-0.1, -0.05) is 48.5 Å². The maximum absolute atomic E-state index is 9.71. The van der Waals surface area contributed by atoms with Crippen LogP contribution in [-0.4, -0.2) is 10.8 Å². The second-order valence-electron chi connectivity index (χ2n) is 3.75. The van der Waals surface area contributed by atoms with Crippen molar-refractivity contribution < 1.29 is 4.55 Å². The van der Waals surface area contributed by atoms with Crippen LogP contribution in [0.15, 0.2) is 59.5 Å². The van der Waals surface area contributed by atoms with Crippen molar-refractivity contribution in [3.8, 4) is 0 Å². The predicted octanol–water partition coefficient (Wildman–Crippen LogP) is 3.36. The Labute approximate surface area is 99.3 Å². The summed E-state index contributed by atoms with van der Waals surface area (Å²) in [6.07, 6.45) is 2.72. The van der Waals surface area contributed by atoms with Crippen LogP contribution in [0.3, 0.4) is 0 Å². The second-order valence-corrected chi connectivity index (χ2v) is 5.14. The lowest BCUT2D eigenvalue weighted by Gasteiger charge is -2.04. The van der Waals surface area contributed by atoms with Gasteiger partial charge in [0.25, 0.3) is 0 Å². The van der Waals surface area contributed by atoms with Crippen LogP contribution < -0.4 is 0 Å². The zero-order valence-corrected chi connectivity index (χ0v) is 10.1. The van der Waals surface area contributed by atoms with Crippen molar-refractivity contribution in [2.24, 2.45) is 0 Å². The van der Waals surface area contributed by atoms with Gasteiger partial charge >= 0.3 is 0 Å². The minimum Gasteiger partial charge on any atom is -0.182 e. The zero-order chi connectivity index (χ0) is 11.4. The Morgan fingerprint density at radius 2 is 1.56 bits per heavy atom. The molecule has 0 aliphatic rings. The number of benzene rings is 2. The van der Waals surface area contributed by atoms with E-state index in [9.17, 15) is 4.55 Å². The highest BCUT2D eigenvalue weighted by Gasteiger charge is 2.16. The van der Waals surface area contributed by atoms with Gasteiger partial charge in [-0.25, -0.2) is 0 Å². The van der Waals surface area contributed by atoms with E-state index in [2.05, 4.69) is 18.2 Å². The Morgan fingerprint density at radius 1 is 0.938 bits per heavy atom. The lowest BCUT2D eigenvalue weighted by molar-refractivity contribution is 0.643. The molecule has 0 saturated carbocycles. The van der Waals surface area contributed by atoms with Gasteiger partial charge in [0.05, 0.1) is 0 Å². The molecule has 0 radical (unpaired) electrons. The molecule has 82 valence electrons. The normalized spacial score (nSPS) is 12.4. The van der Waals surface area contributed by atoms with Crippen LogP contribution in [0.25, 0.3) is 0 Å². The molecule has 1 N–H and O–H groups in total. The van der Waals surface area contributed by atoms with Crippen LogP contribution in [0.5, 0.6) is 0 Å². The Hall–Kier alpha value is -1.25. The minimum atomic E-state index is -0.664. The van der Waals surface area contributed by atoms with Gasteiger partial charge in [0.2, 0.25) is 0 Å². The van der Waals surface area contributed by atoms with Crippen molar-refractivity contribution >= 4 is 11.2 Å². The quantitative estimate of drug-likeness (QED) is 0.803. The van der Waals surface area contributed by atoms with Crippen LogP contribution in [0.4, 0.5) is 0 Å². The Balaban J connectivity index is 2.28. The van der Waals surface area contributed by atoms with Gasteiger partial charge in [-0.3, -0.25) is 0 Å². The van der Waals surface area contributed by atoms with Gasteiger partial charge in [0.15, 0.2) is 16.1 Å². The summed E-state index contributed by atoms with van der Waals surface area (Å²) in [5.41, 5.74) is 2.49. The first-order chi connectivity index (χ1) is 7.77. The highest BCUT2D eigenvalue weighted by Crippen LogP contribution is 2.18. The third-order valence-corrected chi connectivity index (χ3v) is 3.56. The average molecular weight is 231 g/mol. The molecule has 0 fully saturated rings. The van der Waals surface area contributed by atoms with Crippen molar-refractivity contribution in [3.05, 3.63) is 65.7 Å². The minimum absolute atomic E-state index is 0.664. The molecule has 2 aromatic carbocycles. The topological polar surface area (TPSA) is 20.2 Å². The summed E-state index contributed by atoms with van der Waals surface area (Å²) in [7, 11) is 0. The van der Waals surface area contributed by atoms with Gasteiger partial charge < -0.3 is 0 Å². The van der Waals surface area contributed by atoms with Gasteiger partial charge in [0, 0.05) is 12.0 Å². The summed E-state index contributed by atoms with van der Waals surface area (Å²) in [6.45, 7) is 0. The van der Waals surface area contributed by atoms with E-state index < -0.39 is 11.2 Å². The largest absolute Gasteiger partial charge is 0.193 e. The number of hydrogen-bond acceptors (Lipinski definition) is 1. The lowest BCUT2D eigenvalue weighted by atomic mass is 10.1. The van der Waals surface area contributed by atoms with E-state index in [0.29, 0.717) is 0 Å². The molecule has 1 unspecified atom stereocenters. The third kappa shape index (κ3) is 2.65. The van der Waals surface area contributed by atoms with E-state index in [1.54, 1.807) is 0 Å². The smallest absolute Gasteiger partial charge is 0.182 e. The highest BCUT2D eigenvalue weighted by molar-refractivity contribution is 7.90. The summed E-state index contributed by atoms with van der Waals surface area (Å²) in [5.74, 6) is 0. The molecule has 1 atom stereocenters. The van der Waals surface area contributed by atoms with Crippen molar-refractivity contribution in [2.75, 3.05) is 6.26 Å². The fourth-order valence-electron chi connectivity index (χ4n) is 1.75. The molecule has 2 aromatic rings. The van der Waals surface area contributed by atoms with Crippen LogP contribution in [-0.2, 0) is 17.6 Å².